The fraction of sp³-hybridized carbons (Fsp3) is 0.727. The van der Waals surface area contributed by atoms with E-state index in [0.717, 1.165) is 24.8 Å². The Balaban J connectivity index is 1.74. The second-order valence-electron chi connectivity index (χ2n) is 9.59. The summed E-state index contributed by atoms with van der Waals surface area (Å²) in [6, 6.07) is 0. The summed E-state index contributed by atoms with van der Waals surface area (Å²) in [5.41, 5.74) is 0.522. The Kier molecular flexibility index (Phi) is 4.07. The number of carbonyl (C=O) groups excluding carboxylic acids is 2. The maximum atomic E-state index is 13.2. The Morgan fingerprint density at radius 3 is 2.81 bits per heavy atom. The highest BCUT2D eigenvalue weighted by Crippen LogP contribution is 2.67. The van der Waals surface area contributed by atoms with Crippen LogP contribution >= 0.6 is 0 Å². The number of allylic oxidation sites excluding steroid dienone is 4. The van der Waals surface area contributed by atoms with Crippen molar-refractivity contribution >= 4 is 11.6 Å². The van der Waals surface area contributed by atoms with Gasteiger partial charge in [0.1, 0.15) is 6.67 Å². The molecule has 0 spiro atoms. The second kappa shape index (κ2) is 5.85. The number of halogens is 1. The molecule has 3 saturated carbocycles. The molecule has 3 nitrogen and oxygen atoms in total. The first kappa shape index (κ1) is 18.1. The quantitative estimate of drug-likeness (QED) is 0.817. The van der Waals surface area contributed by atoms with E-state index in [1.165, 1.54) is 0 Å². The highest BCUT2D eigenvalue weighted by molar-refractivity contribution is 6.01. The van der Waals surface area contributed by atoms with Gasteiger partial charge in [0, 0.05) is 17.3 Å². The summed E-state index contributed by atoms with van der Waals surface area (Å²) >= 11 is 0. The van der Waals surface area contributed by atoms with E-state index in [0.29, 0.717) is 18.3 Å². The highest BCUT2D eigenvalue weighted by Gasteiger charge is 2.64. The van der Waals surface area contributed by atoms with Gasteiger partial charge in [-0.15, -0.1) is 0 Å². The largest absolute Gasteiger partial charge is 0.393 e. The molecule has 0 heterocycles. The monoisotopic (exact) mass is 360 g/mol. The number of ketones is 2. The predicted molar refractivity (Wildman–Crippen MR) is 97.0 cm³/mol. The molecular weight excluding hydrogens is 331 g/mol. The zero-order valence-electron chi connectivity index (χ0n) is 15.9. The van der Waals surface area contributed by atoms with Crippen LogP contribution in [0.3, 0.4) is 0 Å². The van der Waals surface area contributed by atoms with E-state index in [-0.39, 0.29) is 40.2 Å². The topological polar surface area (TPSA) is 54.4 Å². The van der Waals surface area contributed by atoms with Gasteiger partial charge in [0.2, 0.25) is 0 Å². The third-order valence-electron chi connectivity index (χ3n) is 8.31. The first-order chi connectivity index (χ1) is 12.2. The maximum absolute atomic E-state index is 13.2. The molecular formula is C22H29FO3. The van der Waals surface area contributed by atoms with Gasteiger partial charge in [0.15, 0.2) is 11.6 Å². The Hall–Kier alpha value is -1.29. The van der Waals surface area contributed by atoms with E-state index < -0.39 is 12.8 Å². The summed E-state index contributed by atoms with van der Waals surface area (Å²) < 4.78 is 13.2. The van der Waals surface area contributed by atoms with Crippen LogP contribution in [0.5, 0.6) is 0 Å². The van der Waals surface area contributed by atoms with Crippen molar-refractivity contribution in [2.24, 2.45) is 40.4 Å². The second-order valence-corrected chi connectivity index (χ2v) is 9.59. The molecule has 0 amide bonds. The molecule has 3 fully saturated rings. The van der Waals surface area contributed by atoms with Gasteiger partial charge in [-0.1, -0.05) is 32.4 Å². The summed E-state index contributed by atoms with van der Waals surface area (Å²) in [4.78, 5) is 24.2. The van der Waals surface area contributed by atoms with E-state index in [1.54, 1.807) is 12.2 Å². The first-order valence-electron chi connectivity index (χ1n) is 9.93. The first-order valence-corrected chi connectivity index (χ1v) is 9.93. The molecule has 4 aliphatic rings. The molecule has 1 N–H and O–H groups in total. The predicted octanol–water partition coefficient (Wildman–Crippen LogP) is 3.67. The number of rotatable bonds is 2. The molecule has 4 aliphatic carbocycles. The molecule has 0 radical (unpaired) electrons. The number of carbonyl (C=O) groups is 2. The summed E-state index contributed by atoms with van der Waals surface area (Å²) in [5, 5.41) is 11.2. The number of aliphatic hydroxyl groups excluding tert-OH is 1. The molecule has 4 rings (SSSR count). The van der Waals surface area contributed by atoms with Gasteiger partial charge in [0.05, 0.1) is 6.10 Å². The third kappa shape index (κ3) is 2.27. The van der Waals surface area contributed by atoms with Crippen LogP contribution in [0.25, 0.3) is 0 Å². The van der Waals surface area contributed by atoms with E-state index in [9.17, 15) is 19.1 Å². The Labute approximate surface area is 154 Å². The van der Waals surface area contributed by atoms with E-state index in [1.807, 2.05) is 6.08 Å². The lowest BCUT2D eigenvalue weighted by atomic mass is 9.46. The number of hydrogen-bond acceptors (Lipinski definition) is 3. The van der Waals surface area contributed by atoms with Gasteiger partial charge in [-0.05, 0) is 61.0 Å². The van der Waals surface area contributed by atoms with Crippen LogP contribution in [-0.2, 0) is 9.59 Å². The minimum atomic E-state index is -0.906. The Bertz CT molecular complexity index is 710. The van der Waals surface area contributed by atoms with Crippen molar-refractivity contribution in [2.45, 2.75) is 52.6 Å². The van der Waals surface area contributed by atoms with E-state index >= 15 is 0 Å². The fourth-order valence-electron chi connectivity index (χ4n) is 7.46. The van der Waals surface area contributed by atoms with Crippen LogP contribution < -0.4 is 0 Å². The number of Topliss-reactive ketones (excluding diaryl/α,β-unsaturated/α-hetero) is 1. The summed E-state index contributed by atoms with van der Waals surface area (Å²) in [6.45, 7) is 5.41. The van der Waals surface area contributed by atoms with Crippen molar-refractivity contribution < 1.29 is 19.1 Å². The minimum absolute atomic E-state index is 0.0363. The molecule has 26 heavy (non-hydrogen) atoms. The maximum Gasteiger partial charge on any atom is 0.178 e. The van der Waals surface area contributed by atoms with Gasteiger partial charge < -0.3 is 5.11 Å². The summed E-state index contributed by atoms with van der Waals surface area (Å²) in [7, 11) is 0. The summed E-state index contributed by atoms with van der Waals surface area (Å²) in [5.74, 6) is 0.317. The molecule has 2 unspecified atom stereocenters. The number of fused-ring (bicyclic) bond motifs is 5. The zero-order chi connectivity index (χ0) is 18.9. The van der Waals surface area contributed by atoms with Gasteiger partial charge in [0.25, 0.3) is 0 Å². The molecule has 4 heteroatoms. The van der Waals surface area contributed by atoms with E-state index in [2.05, 4.69) is 20.8 Å². The van der Waals surface area contributed by atoms with Crippen LogP contribution in [0.2, 0.25) is 0 Å². The van der Waals surface area contributed by atoms with Crippen LogP contribution in [0.1, 0.15) is 46.5 Å². The summed E-state index contributed by atoms with van der Waals surface area (Å²) in [6.07, 6.45) is 8.13. The fourth-order valence-corrected chi connectivity index (χ4v) is 7.46. The smallest absolute Gasteiger partial charge is 0.178 e. The van der Waals surface area contributed by atoms with Crippen LogP contribution in [-0.4, -0.2) is 29.5 Å². The van der Waals surface area contributed by atoms with Crippen molar-refractivity contribution in [3.63, 3.8) is 0 Å². The van der Waals surface area contributed by atoms with Gasteiger partial charge in [-0.2, -0.15) is 0 Å². The molecule has 0 aromatic heterocycles. The Morgan fingerprint density at radius 2 is 2.12 bits per heavy atom. The molecule has 142 valence electrons. The van der Waals surface area contributed by atoms with Crippen molar-refractivity contribution in [1.82, 2.24) is 0 Å². The lowest BCUT2D eigenvalue weighted by molar-refractivity contribution is -0.140. The van der Waals surface area contributed by atoms with Crippen molar-refractivity contribution in [2.75, 3.05) is 6.67 Å². The van der Waals surface area contributed by atoms with Gasteiger partial charge in [-0.3, -0.25) is 9.59 Å². The lowest BCUT2D eigenvalue weighted by Crippen LogP contribution is -2.56. The Morgan fingerprint density at radius 1 is 1.38 bits per heavy atom. The van der Waals surface area contributed by atoms with Crippen LogP contribution in [0.4, 0.5) is 4.39 Å². The minimum Gasteiger partial charge on any atom is -0.393 e. The molecule has 0 aromatic rings. The SMILES string of the molecule is CC1C[C@H]2[C@@H]3CCC4=CC(=O)C=C[C@]4(C)[C@H]3C(O)C[C@]2(C)[C@H]1C(=O)CF. The standard InChI is InChI=1S/C22H29FO3/c1-12-8-16-15-5-4-13-9-14(24)6-7-21(13,2)20(15)17(25)10-22(16,3)19(12)18(26)11-23/h6-7,9,12,15-17,19-20,25H,4-5,8,10-11H2,1-3H3/t12?,15-,16-,17?,19+,20+,21-,22-/m0/s1. The van der Waals surface area contributed by atoms with Crippen LogP contribution in [0.15, 0.2) is 23.8 Å². The lowest BCUT2D eigenvalue weighted by Gasteiger charge is -2.58. The highest BCUT2D eigenvalue weighted by atomic mass is 19.1. The molecule has 8 atom stereocenters. The zero-order valence-corrected chi connectivity index (χ0v) is 15.9. The normalized spacial score (nSPS) is 49.9. The molecule has 0 aliphatic heterocycles. The van der Waals surface area contributed by atoms with Gasteiger partial charge in [-0.25, -0.2) is 4.39 Å². The van der Waals surface area contributed by atoms with Crippen molar-refractivity contribution in [3.05, 3.63) is 23.8 Å². The third-order valence-corrected chi connectivity index (χ3v) is 8.31. The average Bonchev–Trinajstić information content (AvgIpc) is 2.84. The molecule has 0 saturated heterocycles. The van der Waals surface area contributed by atoms with Crippen LogP contribution in [0, 0.1) is 40.4 Å². The average molecular weight is 360 g/mol. The number of hydrogen-bond donors (Lipinski definition) is 1. The van der Waals surface area contributed by atoms with Gasteiger partial charge >= 0.3 is 0 Å². The molecule has 0 aromatic carbocycles. The van der Waals surface area contributed by atoms with Crippen molar-refractivity contribution in [3.8, 4) is 0 Å². The molecule has 0 bridgehead atoms. The van der Waals surface area contributed by atoms with E-state index in [4.69, 9.17) is 0 Å². The number of aliphatic hydroxyl groups is 1. The number of alkyl halides is 1. The van der Waals surface area contributed by atoms with Crippen molar-refractivity contribution in [1.29, 1.82) is 0 Å².